The lowest BCUT2D eigenvalue weighted by Gasteiger charge is -2.33. The van der Waals surface area contributed by atoms with Gasteiger partial charge in [0.1, 0.15) is 7.85 Å². The van der Waals surface area contributed by atoms with Crippen molar-refractivity contribution in [1.29, 1.82) is 0 Å². The van der Waals surface area contributed by atoms with E-state index >= 15 is 0 Å². The van der Waals surface area contributed by atoms with Crippen LogP contribution < -0.4 is 4.90 Å². The monoisotopic (exact) mass is 785 g/mol. The first-order valence-electron chi connectivity index (χ1n) is 22.0. The summed E-state index contributed by atoms with van der Waals surface area (Å²) >= 11 is 0. The molecule has 0 bridgehead atoms. The van der Waals surface area contributed by atoms with Gasteiger partial charge in [-0.1, -0.05) is 194 Å². The van der Waals surface area contributed by atoms with E-state index in [9.17, 15) is 0 Å². The molecule has 1 atom stereocenters. The minimum Gasteiger partial charge on any atom is -0.310 e. The molecule has 1 unspecified atom stereocenters. The SMILES string of the molecule is BC(C)(C)c1ccc(-c2ccc(N(c3ccc4c(c3)-c3ccccc3C4(C)C)c3ccc4c(c3)C3(c5ccccc5-4)c4ccccc4-c4ccc(C(C)(C)C)cc43)cc2)cc1. The van der Waals surface area contributed by atoms with Crippen LogP contribution in [0.15, 0.2) is 176 Å². The second-order valence-electron chi connectivity index (χ2n) is 20.2. The Labute approximate surface area is 363 Å². The maximum Gasteiger partial charge on any atom is 0.114 e. The zero-order chi connectivity index (χ0) is 42.1. The second-order valence-corrected chi connectivity index (χ2v) is 20.2. The third-order valence-electron chi connectivity index (χ3n) is 14.2. The van der Waals surface area contributed by atoms with Crippen LogP contribution in [0.25, 0.3) is 44.5 Å². The third kappa shape index (κ3) is 5.47. The Hall–Kier alpha value is -6.38. The van der Waals surface area contributed by atoms with E-state index in [4.69, 9.17) is 0 Å². The molecule has 3 aliphatic rings. The maximum atomic E-state index is 2.53. The zero-order valence-corrected chi connectivity index (χ0v) is 36.7. The fraction of sp³-hybridized carbons (Fsp3) is 0.186. The van der Waals surface area contributed by atoms with Crippen LogP contribution in [0.5, 0.6) is 0 Å². The van der Waals surface area contributed by atoms with Gasteiger partial charge in [-0.05, 0) is 131 Å². The molecule has 1 spiro atoms. The van der Waals surface area contributed by atoms with Crippen molar-refractivity contribution in [1.82, 2.24) is 0 Å². The molecule has 8 aromatic carbocycles. The Morgan fingerprint density at radius 2 is 0.803 bits per heavy atom. The molecule has 296 valence electrons. The lowest BCUT2D eigenvalue weighted by molar-refractivity contribution is 0.588. The maximum absolute atomic E-state index is 2.53. The molecule has 0 saturated carbocycles. The molecule has 0 saturated heterocycles. The van der Waals surface area contributed by atoms with Crippen LogP contribution in [-0.4, -0.2) is 7.85 Å². The van der Waals surface area contributed by atoms with Crippen molar-refractivity contribution < 1.29 is 0 Å². The fourth-order valence-electron chi connectivity index (χ4n) is 11.0. The fourth-order valence-corrected chi connectivity index (χ4v) is 11.0. The molecular formula is C59H52BN. The van der Waals surface area contributed by atoms with Gasteiger partial charge in [-0.25, -0.2) is 0 Å². The Morgan fingerprint density at radius 1 is 0.377 bits per heavy atom. The van der Waals surface area contributed by atoms with Gasteiger partial charge in [0.2, 0.25) is 0 Å². The van der Waals surface area contributed by atoms with E-state index < -0.39 is 5.41 Å². The van der Waals surface area contributed by atoms with Crippen molar-refractivity contribution in [2.24, 2.45) is 0 Å². The van der Waals surface area contributed by atoms with E-state index in [0.717, 1.165) is 17.1 Å². The molecule has 0 amide bonds. The average Bonchev–Trinajstić information content (AvgIpc) is 3.81. The Bertz CT molecular complexity index is 3050. The Balaban J connectivity index is 1.14. The molecule has 1 nitrogen and oxygen atoms in total. The van der Waals surface area contributed by atoms with E-state index in [0.29, 0.717) is 0 Å². The number of benzene rings is 8. The highest BCUT2D eigenvalue weighted by Gasteiger charge is 2.52. The average molecular weight is 786 g/mol. The number of hydrogen-bond donors (Lipinski definition) is 0. The smallest absolute Gasteiger partial charge is 0.114 e. The van der Waals surface area contributed by atoms with Gasteiger partial charge in [0.05, 0.1) is 5.41 Å². The van der Waals surface area contributed by atoms with Crippen LogP contribution >= 0.6 is 0 Å². The van der Waals surface area contributed by atoms with Crippen molar-refractivity contribution in [3.8, 4) is 44.5 Å². The molecule has 0 radical (unpaired) electrons. The van der Waals surface area contributed by atoms with Crippen LogP contribution in [-0.2, 0) is 21.6 Å². The number of fused-ring (bicyclic) bond motifs is 13. The summed E-state index contributed by atoms with van der Waals surface area (Å²) < 4.78 is 0. The first kappa shape index (κ1) is 37.6. The van der Waals surface area contributed by atoms with Crippen molar-refractivity contribution in [3.63, 3.8) is 0 Å². The number of nitrogens with zero attached hydrogens (tertiary/aromatic N) is 1. The summed E-state index contributed by atoms with van der Waals surface area (Å²) in [5.74, 6) is 0. The molecule has 0 fully saturated rings. The summed E-state index contributed by atoms with van der Waals surface area (Å²) in [5.41, 5.74) is 24.2. The molecule has 0 aromatic heterocycles. The number of anilines is 3. The van der Waals surface area contributed by atoms with E-state index in [1.165, 1.54) is 89.0 Å². The van der Waals surface area contributed by atoms with Crippen LogP contribution in [0, 0.1) is 0 Å². The van der Waals surface area contributed by atoms with Gasteiger partial charge in [0.15, 0.2) is 0 Å². The standard InChI is InChI=1S/C59H52BN/c1-56(2,3)40-26-31-47-44-14-9-12-18-52(44)59(54(47)34-40)53-19-13-10-15-45(53)48-32-29-43(36-55(48)59)61(41-27-22-38(23-28-41)37-20-24-39(25-21-37)58(6,7)60)42-30-33-51-49(35-42)46-16-8-11-17-50(46)57(51,4)5/h8-36H,60H2,1-7H3. The largest absolute Gasteiger partial charge is 0.310 e. The molecular weight excluding hydrogens is 733 g/mol. The third-order valence-corrected chi connectivity index (χ3v) is 14.2. The summed E-state index contributed by atoms with van der Waals surface area (Å²) in [4.78, 5) is 2.49. The second kappa shape index (κ2) is 13.1. The highest BCUT2D eigenvalue weighted by atomic mass is 15.1. The molecule has 2 heteroatoms. The van der Waals surface area contributed by atoms with E-state index in [1.807, 2.05) is 0 Å². The summed E-state index contributed by atoms with van der Waals surface area (Å²) in [6.45, 7) is 16.3. The first-order chi connectivity index (χ1) is 29.3. The van der Waals surface area contributed by atoms with E-state index in [1.54, 1.807) is 0 Å². The highest BCUT2D eigenvalue weighted by Crippen LogP contribution is 2.64. The van der Waals surface area contributed by atoms with E-state index in [-0.39, 0.29) is 16.1 Å². The van der Waals surface area contributed by atoms with Crippen LogP contribution in [0.1, 0.15) is 93.0 Å². The summed E-state index contributed by atoms with van der Waals surface area (Å²) in [7, 11) is 2.27. The summed E-state index contributed by atoms with van der Waals surface area (Å²) in [6.07, 6.45) is 0. The lowest BCUT2D eigenvalue weighted by Crippen LogP contribution is -2.27. The lowest BCUT2D eigenvalue weighted by atomic mass is 9.67. The van der Waals surface area contributed by atoms with Gasteiger partial charge in [0.25, 0.3) is 0 Å². The zero-order valence-electron chi connectivity index (χ0n) is 36.7. The van der Waals surface area contributed by atoms with Gasteiger partial charge in [-0.3, -0.25) is 0 Å². The summed E-state index contributed by atoms with van der Waals surface area (Å²) in [6, 6.07) is 67.3. The van der Waals surface area contributed by atoms with Gasteiger partial charge in [0, 0.05) is 22.5 Å². The quantitative estimate of drug-likeness (QED) is 0.157. The van der Waals surface area contributed by atoms with Gasteiger partial charge in [-0.15, -0.1) is 0 Å². The minimum atomic E-state index is -0.454. The van der Waals surface area contributed by atoms with Gasteiger partial charge < -0.3 is 4.90 Å². The van der Waals surface area contributed by atoms with Crippen LogP contribution in [0.4, 0.5) is 17.1 Å². The predicted molar refractivity (Wildman–Crippen MR) is 261 cm³/mol. The molecule has 0 aliphatic heterocycles. The molecule has 11 rings (SSSR count). The van der Waals surface area contributed by atoms with E-state index in [2.05, 4.69) is 237 Å². The highest BCUT2D eigenvalue weighted by molar-refractivity contribution is 6.15. The minimum absolute atomic E-state index is 0.00609. The number of rotatable bonds is 5. The van der Waals surface area contributed by atoms with Crippen LogP contribution in [0.3, 0.4) is 0 Å². The van der Waals surface area contributed by atoms with Crippen molar-refractivity contribution in [2.45, 2.75) is 70.0 Å². The van der Waals surface area contributed by atoms with Gasteiger partial charge in [-0.2, -0.15) is 0 Å². The normalized spacial score (nSPS) is 16.4. The van der Waals surface area contributed by atoms with Crippen molar-refractivity contribution >= 4 is 24.9 Å². The van der Waals surface area contributed by atoms with Gasteiger partial charge >= 0.3 is 0 Å². The topological polar surface area (TPSA) is 3.24 Å². The molecule has 8 aromatic rings. The molecule has 61 heavy (non-hydrogen) atoms. The molecule has 0 heterocycles. The Kier molecular flexibility index (Phi) is 8.05. The number of hydrogen-bond acceptors (Lipinski definition) is 1. The Morgan fingerprint density at radius 3 is 1.39 bits per heavy atom. The molecule has 0 N–H and O–H groups in total. The van der Waals surface area contributed by atoms with Crippen molar-refractivity contribution in [3.05, 3.63) is 220 Å². The van der Waals surface area contributed by atoms with Crippen LogP contribution in [0.2, 0.25) is 0 Å². The summed E-state index contributed by atoms with van der Waals surface area (Å²) in [5, 5.41) is 0.113. The predicted octanol–water partition coefficient (Wildman–Crippen LogP) is 14.6. The molecule has 3 aliphatic carbocycles. The van der Waals surface area contributed by atoms with Crippen molar-refractivity contribution in [2.75, 3.05) is 4.90 Å². The first-order valence-corrected chi connectivity index (χ1v) is 22.0.